The number of nitrogens with one attached hydrogen (secondary N) is 1. The maximum Gasteiger partial charge on any atom is 0.262 e. The number of hydrogen-bond donors (Lipinski definition) is 1. The van der Waals surface area contributed by atoms with Gasteiger partial charge in [-0.3, -0.25) is 9.59 Å². The highest BCUT2D eigenvalue weighted by atomic mass is 16.2. The zero-order chi connectivity index (χ0) is 13.1. The number of hydrogen-bond acceptors (Lipinski definition) is 2. The monoisotopic (exact) mass is 242 g/mol. The van der Waals surface area contributed by atoms with Crippen LogP contribution in [0.2, 0.25) is 0 Å². The van der Waals surface area contributed by atoms with E-state index in [0.717, 1.165) is 16.8 Å². The third kappa shape index (κ3) is 2.37. The van der Waals surface area contributed by atoms with Crippen molar-refractivity contribution in [3.8, 4) is 0 Å². The summed E-state index contributed by atoms with van der Waals surface area (Å²) in [4.78, 5) is 27.1. The van der Waals surface area contributed by atoms with Gasteiger partial charge in [-0.25, -0.2) is 4.99 Å². The highest BCUT2D eigenvalue weighted by Crippen LogP contribution is 2.21. The van der Waals surface area contributed by atoms with Gasteiger partial charge in [0.05, 0.1) is 0 Å². The molecule has 0 aromatic heterocycles. The molecule has 2 amide bonds. The highest BCUT2D eigenvalue weighted by Gasteiger charge is 2.25. The van der Waals surface area contributed by atoms with Gasteiger partial charge in [-0.2, -0.15) is 0 Å². The van der Waals surface area contributed by atoms with E-state index in [4.69, 9.17) is 0 Å². The first kappa shape index (κ1) is 12.2. The normalized spacial score (nSPS) is 17.9. The largest absolute Gasteiger partial charge is 0.325 e. The Labute approximate surface area is 105 Å². The van der Waals surface area contributed by atoms with Crippen molar-refractivity contribution in [3.63, 3.8) is 0 Å². The number of dihydropyridines is 1. The SMILES string of the molecule is Cc1cccc(C)c1NC(=O)C1C=CC=NC1=O. The van der Waals surface area contributed by atoms with Gasteiger partial charge in [-0.1, -0.05) is 24.3 Å². The van der Waals surface area contributed by atoms with Gasteiger partial charge in [0.1, 0.15) is 5.92 Å². The fraction of sp³-hybridized carbons (Fsp3) is 0.214. The predicted octanol–water partition coefficient (Wildman–Crippen LogP) is 2.03. The van der Waals surface area contributed by atoms with E-state index in [9.17, 15) is 9.59 Å². The second-order valence-electron chi connectivity index (χ2n) is 4.24. The first-order chi connectivity index (χ1) is 8.59. The number of benzene rings is 1. The summed E-state index contributed by atoms with van der Waals surface area (Å²) in [6.45, 7) is 3.83. The van der Waals surface area contributed by atoms with Gasteiger partial charge in [0, 0.05) is 11.9 Å². The van der Waals surface area contributed by atoms with Crippen LogP contribution in [-0.2, 0) is 9.59 Å². The minimum atomic E-state index is -0.825. The molecule has 92 valence electrons. The van der Waals surface area contributed by atoms with Crippen molar-refractivity contribution in [2.45, 2.75) is 13.8 Å². The molecule has 1 aliphatic heterocycles. The lowest BCUT2D eigenvalue weighted by Crippen LogP contribution is -2.29. The molecule has 1 atom stereocenters. The molecule has 0 saturated carbocycles. The second kappa shape index (κ2) is 4.96. The number of allylic oxidation sites excluding steroid dienone is 1. The van der Waals surface area contributed by atoms with Gasteiger partial charge in [0.25, 0.3) is 5.91 Å². The number of para-hydroxylation sites is 1. The molecule has 0 bridgehead atoms. The lowest BCUT2D eigenvalue weighted by molar-refractivity contribution is -0.128. The average molecular weight is 242 g/mol. The van der Waals surface area contributed by atoms with Crippen molar-refractivity contribution in [2.75, 3.05) is 5.32 Å². The van der Waals surface area contributed by atoms with Crippen LogP contribution in [0.1, 0.15) is 11.1 Å². The lowest BCUT2D eigenvalue weighted by Gasteiger charge is -2.15. The summed E-state index contributed by atoms with van der Waals surface area (Å²) in [6, 6.07) is 5.76. The zero-order valence-corrected chi connectivity index (χ0v) is 10.3. The molecule has 1 aromatic rings. The Morgan fingerprint density at radius 2 is 1.94 bits per heavy atom. The van der Waals surface area contributed by atoms with E-state index in [1.807, 2.05) is 32.0 Å². The van der Waals surface area contributed by atoms with Crippen LogP contribution in [-0.4, -0.2) is 18.0 Å². The molecular weight excluding hydrogens is 228 g/mol. The van der Waals surface area contributed by atoms with Crippen molar-refractivity contribution in [1.29, 1.82) is 0 Å². The standard InChI is InChI=1S/C14H14N2O2/c1-9-5-3-6-10(2)12(9)16-14(18)11-7-4-8-15-13(11)17/h3-8,11H,1-2H3,(H,16,18). The summed E-state index contributed by atoms with van der Waals surface area (Å²) in [5, 5.41) is 2.79. The quantitative estimate of drug-likeness (QED) is 0.807. The van der Waals surface area contributed by atoms with Crippen molar-refractivity contribution in [1.82, 2.24) is 0 Å². The van der Waals surface area contributed by atoms with Crippen LogP contribution < -0.4 is 5.32 Å². The van der Waals surface area contributed by atoms with Crippen LogP contribution in [0.15, 0.2) is 35.3 Å². The number of aliphatic imine (C=N–C) groups is 1. The fourth-order valence-corrected chi connectivity index (χ4v) is 1.85. The molecule has 1 aromatic carbocycles. The van der Waals surface area contributed by atoms with E-state index in [-0.39, 0.29) is 5.91 Å². The Hall–Kier alpha value is -2.23. The van der Waals surface area contributed by atoms with Crippen molar-refractivity contribution < 1.29 is 9.59 Å². The van der Waals surface area contributed by atoms with Gasteiger partial charge in [0.2, 0.25) is 5.91 Å². The van der Waals surface area contributed by atoms with Crippen molar-refractivity contribution in [2.24, 2.45) is 10.9 Å². The van der Waals surface area contributed by atoms with Gasteiger partial charge in [-0.05, 0) is 31.1 Å². The molecule has 0 aliphatic carbocycles. The van der Waals surface area contributed by atoms with E-state index < -0.39 is 11.8 Å². The minimum absolute atomic E-state index is 0.342. The second-order valence-corrected chi connectivity index (χ2v) is 4.24. The number of rotatable bonds is 2. The topological polar surface area (TPSA) is 58.5 Å². The number of carbonyl (C=O) groups excluding carboxylic acids is 2. The molecule has 1 heterocycles. The third-order valence-electron chi connectivity index (χ3n) is 2.87. The molecule has 0 fully saturated rings. The van der Waals surface area contributed by atoms with Gasteiger partial charge < -0.3 is 5.32 Å². The summed E-state index contributed by atoms with van der Waals surface area (Å²) in [6.07, 6.45) is 4.56. The van der Waals surface area contributed by atoms with Crippen LogP contribution in [0.3, 0.4) is 0 Å². The van der Waals surface area contributed by atoms with Crippen molar-refractivity contribution in [3.05, 3.63) is 41.5 Å². The average Bonchev–Trinajstić information content (AvgIpc) is 2.34. The molecule has 1 N–H and O–H groups in total. The first-order valence-electron chi connectivity index (χ1n) is 5.71. The Balaban J connectivity index is 2.19. The summed E-state index contributed by atoms with van der Waals surface area (Å²) in [5.41, 5.74) is 2.71. The lowest BCUT2D eigenvalue weighted by atomic mass is 10.0. The maximum absolute atomic E-state index is 12.0. The predicted molar refractivity (Wildman–Crippen MR) is 70.7 cm³/mol. The minimum Gasteiger partial charge on any atom is -0.325 e. The van der Waals surface area contributed by atoms with E-state index in [2.05, 4.69) is 10.3 Å². The number of anilines is 1. The Bertz CT molecular complexity index is 539. The maximum atomic E-state index is 12.0. The summed E-state index contributed by atoms with van der Waals surface area (Å²) in [5.74, 6) is -1.60. The first-order valence-corrected chi connectivity index (χ1v) is 5.71. The summed E-state index contributed by atoms with van der Waals surface area (Å²) < 4.78 is 0. The fourth-order valence-electron chi connectivity index (χ4n) is 1.85. The number of aryl methyl sites for hydroxylation is 2. The highest BCUT2D eigenvalue weighted by molar-refractivity contribution is 6.12. The molecule has 0 spiro atoms. The van der Waals surface area contributed by atoms with E-state index in [0.29, 0.717) is 0 Å². The molecular formula is C14H14N2O2. The molecule has 4 nitrogen and oxygen atoms in total. The molecule has 2 rings (SSSR count). The molecule has 1 unspecified atom stereocenters. The Morgan fingerprint density at radius 3 is 2.56 bits per heavy atom. The van der Waals surface area contributed by atoms with Gasteiger partial charge in [0.15, 0.2) is 0 Å². The van der Waals surface area contributed by atoms with E-state index >= 15 is 0 Å². The summed E-state index contributed by atoms with van der Waals surface area (Å²) in [7, 11) is 0. The van der Waals surface area contributed by atoms with Crippen LogP contribution in [0.4, 0.5) is 5.69 Å². The Morgan fingerprint density at radius 1 is 1.28 bits per heavy atom. The van der Waals surface area contributed by atoms with Crippen molar-refractivity contribution >= 4 is 23.7 Å². The van der Waals surface area contributed by atoms with Crippen LogP contribution in [0.25, 0.3) is 0 Å². The molecule has 18 heavy (non-hydrogen) atoms. The number of nitrogens with zero attached hydrogens (tertiary/aromatic N) is 1. The van der Waals surface area contributed by atoms with Crippen LogP contribution >= 0.6 is 0 Å². The number of amides is 2. The van der Waals surface area contributed by atoms with Crippen LogP contribution in [0, 0.1) is 19.8 Å². The number of carbonyl (C=O) groups is 2. The molecule has 4 heteroatoms. The van der Waals surface area contributed by atoms with E-state index in [1.54, 1.807) is 12.2 Å². The van der Waals surface area contributed by atoms with E-state index in [1.165, 1.54) is 6.21 Å². The smallest absolute Gasteiger partial charge is 0.262 e. The molecule has 1 aliphatic rings. The van der Waals surface area contributed by atoms with Gasteiger partial charge >= 0.3 is 0 Å². The summed E-state index contributed by atoms with van der Waals surface area (Å²) >= 11 is 0. The van der Waals surface area contributed by atoms with Gasteiger partial charge in [-0.15, -0.1) is 0 Å². The zero-order valence-electron chi connectivity index (χ0n) is 10.3. The molecule has 0 saturated heterocycles. The molecule has 0 radical (unpaired) electrons. The Kier molecular flexibility index (Phi) is 3.37. The van der Waals surface area contributed by atoms with Crippen LogP contribution in [0.5, 0.6) is 0 Å². The third-order valence-corrected chi connectivity index (χ3v) is 2.87.